The van der Waals surface area contributed by atoms with Crippen molar-refractivity contribution in [3.63, 3.8) is 0 Å². The maximum Gasteiger partial charge on any atom is 0.184 e. The van der Waals surface area contributed by atoms with Gasteiger partial charge in [-0.2, -0.15) is 4.37 Å². The van der Waals surface area contributed by atoms with Crippen molar-refractivity contribution in [3.05, 3.63) is 77.8 Å². The molecule has 4 aromatic rings. The van der Waals surface area contributed by atoms with Gasteiger partial charge in [-0.25, -0.2) is 13.4 Å². The first-order valence-electron chi connectivity index (χ1n) is 9.79. The van der Waals surface area contributed by atoms with Crippen LogP contribution in [0, 0.1) is 0 Å². The fourth-order valence-electron chi connectivity index (χ4n) is 4.18. The van der Waals surface area contributed by atoms with Gasteiger partial charge in [-0.05, 0) is 65.7 Å². The zero-order chi connectivity index (χ0) is 20.6. The van der Waals surface area contributed by atoms with Gasteiger partial charge in [0.15, 0.2) is 9.84 Å². The highest BCUT2D eigenvalue weighted by atomic mass is 32.2. The number of anilines is 1. The fourth-order valence-corrected chi connectivity index (χ4v) is 6.32. The van der Waals surface area contributed by atoms with Crippen molar-refractivity contribution in [3.8, 4) is 0 Å². The Balaban J connectivity index is 1.52. The third kappa shape index (κ3) is 3.57. The number of rotatable bonds is 5. The van der Waals surface area contributed by atoms with Crippen LogP contribution in [0.4, 0.5) is 5.69 Å². The van der Waals surface area contributed by atoms with E-state index in [2.05, 4.69) is 37.4 Å². The highest BCUT2D eigenvalue weighted by Crippen LogP contribution is 2.39. The van der Waals surface area contributed by atoms with Crippen molar-refractivity contribution in [2.24, 2.45) is 0 Å². The summed E-state index contributed by atoms with van der Waals surface area (Å²) >= 11 is 1.11. The van der Waals surface area contributed by atoms with Crippen LogP contribution in [0.15, 0.2) is 72.1 Å². The van der Waals surface area contributed by atoms with Gasteiger partial charge in [0.25, 0.3) is 0 Å². The Hall–Kier alpha value is -2.84. The zero-order valence-electron chi connectivity index (χ0n) is 16.2. The lowest BCUT2D eigenvalue weighted by molar-refractivity contribution is 0.595. The van der Waals surface area contributed by atoms with Crippen molar-refractivity contribution in [1.82, 2.24) is 14.3 Å². The molecule has 6 nitrogen and oxygen atoms in total. The van der Waals surface area contributed by atoms with E-state index in [4.69, 9.17) is 0 Å². The van der Waals surface area contributed by atoms with Crippen molar-refractivity contribution in [1.29, 1.82) is 0 Å². The number of benzene rings is 2. The van der Waals surface area contributed by atoms with Crippen molar-refractivity contribution in [2.45, 2.75) is 29.5 Å². The van der Waals surface area contributed by atoms with E-state index in [1.54, 1.807) is 12.1 Å². The first kappa shape index (κ1) is 19.1. The third-order valence-corrected chi connectivity index (χ3v) is 8.03. The van der Waals surface area contributed by atoms with Gasteiger partial charge in [0.05, 0.1) is 10.9 Å². The van der Waals surface area contributed by atoms with E-state index in [0.717, 1.165) is 47.4 Å². The molecule has 5 rings (SSSR count). The largest absolute Gasteiger partial charge is 0.364 e. The molecule has 0 N–H and O–H groups in total. The summed E-state index contributed by atoms with van der Waals surface area (Å²) in [4.78, 5) is 10.9. The van der Waals surface area contributed by atoms with Crippen LogP contribution in [0.2, 0.25) is 0 Å². The van der Waals surface area contributed by atoms with Crippen LogP contribution in [0.1, 0.15) is 29.5 Å². The van der Waals surface area contributed by atoms with Crippen LogP contribution in [0.25, 0.3) is 10.8 Å². The molecule has 1 aliphatic heterocycles. The zero-order valence-corrected chi connectivity index (χ0v) is 17.8. The lowest BCUT2D eigenvalue weighted by Gasteiger charge is -2.28. The Morgan fingerprint density at radius 3 is 2.77 bits per heavy atom. The lowest BCUT2D eigenvalue weighted by atomic mass is 10.0. The van der Waals surface area contributed by atoms with Crippen LogP contribution >= 0.6 is 11.5 Å². The van der Waals surface area contributed by atoms with Crippen LogP contribution in [0.3, 0.4) is 0 Å². The third-order valence-electron chi connectivity index (χ3n) is 5.56. The van der Waals surface area contributed by atoms with Gasteiger partial charge in [0.1, 0.15) is 17.1 Å². The number of fused-ring (bicyclic) bond motifs is 1. The molecular formula is C22H20N4O2S2. The van der Waals surface area contributed by atoms with Crippen molar-refractivity contribution >= 4 is 37.8 Å². The van der Waals surface area contributed by atoms with E-state index in [-0.39, 0.29) is 5.75 Å². The molecule has 0 saturated carbocycles. The summed E-state index contributed by atoms with van der Waals surface area (Å²) in [5, 5.41) is 2.49. The fraction of sp³-hybridized carbons (Fsp3) is 0.227. The SMILES string of the molecule is O=S(=O)(Cc1ncns1)c1ccc2c(N3CCCC3c3ccncc3)cccc2c1. The number of nitrogens with zero attached hydrogens (tertiary/aromatic N) is 4. The van der Waals surface area contributed by atoms with Gasteiger partial charge in [-0.1, -0.05) is 18.2 Å². The van der Waals surface area contributed by atoms with Crippen LogP contribution < -0.4 is 4.90 Å². The standard InChI is InChI=1S/C22H20N4O2S2/c27-30(28,14-22-24-15-25-29-22)18-6-7-19-17(13-18)3-1-4-21(19)26-12-2-5-20(26)16-8-10-23-11-9-16/h1,3-4,6-11,13,15,20H,2,5,12,14H2. The topological polar surface area (TPSA) is 76.1 Å². The first-order chi connectivity index (χ1) is 14.6. The highest BCUT2D eigenvalue weighted by Gasteiger charge is 2.27. The van der Waals surface area contributed by atoms with Crippen molar-refractivity contribution < 1.29 is 8.42 Å². The molecule has 3 heterocycles. The molecule has 0 spiro atoms. The van der Waals surface area contributed by atoms with E-state index >= 15 is 0 Å². The molecule has 30 heavy (non-hydrogen) atoms. The number of aromatic nitrogens is 3. The molecular weight excluding hydrogens is 416 g/mol. The first-order valence-corrected chi connectivity index (χ1v) is 12.2. The molecule has 1 fully saturated rings. The second-order valence-electron chi connectivity index (χ2n) is 7.39. The van der Waals surface area contributed by atoms with Crippen molar-refractivity contribution in [2.75, 3.05) is 11.4 Å². The molecule has 152 valence electrons. The minimum absolute atomic E-state index is 0.126. The van der Waals surface area contributed by atoms with E-state index in [9.17, 15) is 8.42 Å². The number of sulfone groups is 1. The van der Waals surface area contributed by atoms with Crippen LogP contribution in [0.5, 0.6) is 0 Å². The average Bonchev–Trinajstić information content (AvgIpc) is 3.45. The minimum Gasteiger partial charge on any atom is -0.364 e. The smallest absolute Gasteiger partial charge is 0.184 e. The molecule has 2 aromatic heterocycles. The summed E-state index contributed by atoms with van der Waals surface area (Å²) in [5.74, 6) is -0.126. The van der Waals surface area contributed by atoms with Gasteiger partial charge in [0.2, 0.25) is 0 Å². The summed E-state index contributed by atoms with van der Waals surface area (Å²) in [7, 11) is -3.47. The molecule has 8 heteroatoms. The Bertz CT molecular complexity index is 1280. The molecule has 0 amide bonds. The summed E-state index contributed by atoms with van der Waals surface area (Å²) in [6.07, 6.45) is 7.28. The van der Waals surface area contributed by atoms with Gasteiger partial charge >= 0.3 is 0 Å². The number of hydrogen-bond acceptors (Lipinski definition) is 7. The lowest BCUT2D eigenvalue weighted by Crippen LogP contribution is -2.22. The van der Waals surface area contributed by atoms with Gasteiger partial charge < -0.3 is 4.90 Å². The molecule has 1 saturated heterocycles. The Morgan fingerprint density at radius 2 is 1.97 bits per heavy atom. The monoisotopic (exact) mass is 436 g/mol. The average molecular weight is 437 g/mol. The van der Waals surface area contributed by atoms with E-state index in [0.29, 0.717) is 15.9 Å². The predicted molar refractivity (Wildman–Crippen MR) is 118 cm³/mol. The Labute approximate surface area is 179 Å². The molecule has 1 atom stereocenters. The number of hydrogen-bond donors (Lipinski definition) is 0. The summed E-state index contributed by atoms with van der Waals surface area (Å²) in [6.45, 7) is 0.975. The quantitative estimate of drug-likeness (QED) is 0.461. The second kappa shape index (κ2) is 7.77. The van der Waals surface area contributed by atoms with Crippen LogP contribution in [-0.2, 0) is 15.6 Å². The Morgan fingerprint density at radius 1 is 1.10 bits per heavy atom. The summed E-state index contributed by atoms with van der Waals surface area (Å²) < 4.78 is 29.6. The van der Waals surface area contributed by atoms with Crippen LogP contribution in [-0.4, -0.2) is 29.3 Å². The van der Waals surface area contributed by atoms with Gasteiger partial charge in [-0.15, -0.1) is 0 Å². The van der Waals surface area contributed by atoms with E-state index in [1.165, 1.54) is 11.9 Å². The summed E-state index contributed by atoms with van der Waals surface area (Å²) in [6, 6.07) is 16.0. The summed E-state index contributed by atoms with van der Waals surface area (Å²) in [5.41, 5.74) is 2.40. The van der Waals surface area contributed by atoms with Gasteiger partial charge in [-0.3, -0.25) is 4.98 Å². The van der Waals surface area contributed by atoms with E-state index < -0.39 is 9.84 Å². The van der Waals surface area contributed by atoms with Gasteiger partial charge in [0, 0.05) is 30.0 Å². The highest BCUT2D eigenvalue weighted by molar-refractivity contribution is 7.90. The Kier molecular flexibility index (Phi) is 4.96. The molecule has 0 bridgehead atoms. The minimum atomic E-state index is -3.47. The number of pyridine rings is 1. The molecule has 2 aromatic carbocycles. The maximum atomic E-state index is 12.8. The second-order valence-corrected chi connectivity index (χ2v) is 10.2. The predicted octanol–water partition coefficient (Wildman–Crippen LogP) is 4.40. The van der Waals surface area contributed by atoms with E-state index in [1.807, 2.05) is 30.6 Å². The maximum absolute atomic E-state index is 12.8. The normalized spacial score (nSPS) is 16.9. The molecule has 1 unspecified atom stereocenters. The molecule has 0 aliphatic carbocycles. The molecule has 0 radical (unpaired) electrons. The molecule has 1 aliphatic rings.